The molecule has 84 valence electrons. The van der Waals surface area contributed by atoms with Crippen molar-refractivity contribution in [1.82, 2.24) is 9.78 Å². The summed E-state index contributed by atoms with van der Waals surface area (Å²) in [6.07, 6.45) is 4.10. The first kappa shape index (κ1) is 11.6. The normalized spacial score (nSPS) is 10.6. The summed E-state index contributed by atoms with van der Waals surface area (Å²) in [5.74, 6) is -0.106. The Morgan fingerprint density at radius 3 is 2.93 bits per heavy atom. The third kappa shape index (κ3) is 4.01. The third-order valence-corrected chi connectivity index (χ3v) is 1.91. The molecule has 5 nitrogen and oxygen atoms in total. The van der Waals surface area contributed by atoms with Gasteiger partial charge in [0.25, 0.3) is 0 Å². The Morgan fingerprint density at radius 1 is 1.67 bits per heavy atom. The van der Waals surface area contributed by atoms with Gasteiger partial charge < -0.3 is 9.84 Å². The minimum atomic E-state index is -0.795. The quantitative estimate of drug-likeness (QED) is 0.729. The topological polar surface area (TPSA) is 64.3 Å². The third-order valence-electron chi connectivity index (χ3n) is 1.91. The van der Waals surface area contributed by atoms with Crippen LogP contribution >= 0.6 is 0 Å². The number of aliphatic carboxylic acids is 1. The number of carbonyl (C=O) groups is 1. The zero-order valence-electron chi connectivity index (χ0n) is 9.01. The molecule has 0 unspecified atom stereocenters. The Labute approximate surface area is 88.7 Å². The molecule has 1 rings (SSSR count). The number of rotatable bonds is 6. The van der Waals surface area contributed by atoms with E-state index in [1.807, 2.05) is 20.0 Å². The highest BCUT2D eigenvalue weighted by atomic mass is 16.5. The van der Waals surface area contributed by atoms with Crippen molar-refractivity contribution in [3.63, 3.8) is 0 Å². The lowest BCUT2D eigenvalue weighted by molar-refractivity contribution is -0.137. The van der Waals surface area contributed by atoms with Crippen molar-refractivity contribution in [3.8, 4) is 5.75 Å². The van der Waals surface area contributed by atoms with Gasteiger partial charge in [-0.1, -0.05) is 0 Å². The molecule has 15 heavy (non-hydrogen) atoms. The highest BCUT2D eigenvalue weighted by Crippen LogP contribution is 2.12. The maximum atomic E-state index is 10.2. The summed E-state index contributed by atoms with van der Waals surface area (Å²) < 4.78 is 7.14. The number of carboxylic acids is 1. The second kappa shape index (κ2) is 5.38. The molecule has 0 aromatic carbocycles. The lowest BCUT2D eigenvalue weighted by Crippen LogP contribution is -2.02. The molecule has 0 atom stereocenters. The summed E-state index contributed by atoms with van der Waals surface area (Å²) >= 11 is 0. The largest absolute Gasteiger partial charge is 0.490 e. The van der Waals surface area contributed by atoms with E-state index in [-0.39, 0.29) is 6.42 Å². The van der Waals surface area contributed by atoms with Gasteiger partial charge in [-0.15, -0.1) is 0 Å². The lowest BCUT2D eigenvalue weighted by Gasteiger charge is -2.03. The van der Waals surface area contributed by atoms with Crippen molar-refractivity contribution in [2.45, 2.75) is 32.7 Å². The molecule has 0 saturated carbocycles. The minimum absolute atomic E-state index is 0.137. The molecule has 1 aromatic rings. The summed E-state index contributed by atoms with van der Waals surface area (Å²) in [4.78, 5) is 10.2. The van der Waals surface area contributed by atoms with Gasteiger partial charge in [0, 0.05) is 12.5 Å². The smallest absolute Gasteiger partial charge is 0.303 e. The van der Waals surface area contributed by atoms with Crippen LogP contribution in [-0.4, -0.2) is 27.5 Å². The molecule has 1 heterocycles. The van der Waals surface area contributed by atoms with Gasteiger partial charge in [0.05, 0.1) is 19.0 Å². The van der Waals surface area contributed by atoms with E-state index in [0.29, 0.717) is 24.8 Å². The van der Waals surface area contributed by atoms with Gasteiger partial charge in [0.1, 0.15) is 0 Å². The summed E-state index contributed by atoms with van der Waals surface area (Å²) in [7, 11) is 0. The number of nitrogens with zero attached hydrogens (tertiary/aromatic N) is 2. The van der Waals surface area contributed by atoms with E-state index in [9.17, 15) is 4.79 Å². The van der Waals surface area contributed by atoms with Crippen LogP contribution in [0.25, 0.3) is 0 Å². The minimum Gasteiger partial charge on any atom is -0.490 e. The zero-order chi connectivity index (χ0) is 11.3. The Kier molecular flexibility index (Phi) is 4.15. The monoisotopic (exact) mass is 212 g/mol. The van der Waals surface area contributed by atoms with Crippen LogP contribution < -0.4 is 4.74 Å². The molecule has 0 aliphatic heterocycles. The Balaban J connectivity index is 2.28. The van der Waals surface area contributed by atoms with Crippen LogP contribution in [0.15, 0.2) is 12.4 Å². The van der Waals surface area contributed by atoms with Crippen LogP contribution in [0.3, 0.4) is 0 Å². The van der Waals surface area contributed by atoms with E-state index in [0.717, 1.165) is 0 Å². The van der Waals surface area contributed by atoms with Crippen molar-refractivity contribution < 1.29 is 14.6 Å². The van der Waals surface area contributed by atoms with Crippen molar-refractivity contribution in [1.29, 1.82) is 0 Å². The van der Waals surface area contributed by atoms with E-state index < -0.39 is 5.97 Å². The van der Waals surface area contributed by atoms with Crippen molar-refractivity contribution in [2.24, 2.45) is 0 Å². The van der Waals surface area contributed by atoms with Gasteiger partial charge in [-0.2, -0.15) is 5.10 Å². The van der Waals surface area contributed by atoms with Crippen LogP contribution in [0.5, 0.6) is 5.75 Å². The predicted molar refractivity (Wildman–Crippen MR) is 55.0 cm³/mol. The molecular weight excluding hydrogens is 196 g/mol. The van der Waals surface area contributed by atoms with Gasteiger partial charge in [0.15, 0.2) is 5.75 Å². The summed E-state index contributed by atoms with van der Waals surface area (Å²) in [5.41, 5.74) is 0. The van der Waals surface area contributed by atoms with Crippen LogP contribution in [0, 0.1) is 0 Å². The molecule has 5 heteroatoms. The highest BCUT2D eigenvalue weighted by Gasteiger charge is 2.02. The molecule has 0 bridgehead atoms. The molecule has 1 N–H and O–H groups in total. The summed E-state index contributed by atoms with van der Waals surface area (Å²) in [6.45, 7) is 4.47. The van der Waals surface area contributed by atoms with Gasteiger partial charge in [0.2, 0.25) is 0 Å². The summed E-state index contributed by atoms with van der Waals surface area (Å²) in [6, 6.07) is 0.307. The number of ether oxygens (including phenoxy) is 1. The first-order chi connectivity index (χ1) is 7.09. The molecule has 0 aliphatic rings. The van der Waals surface area contributed by atoms with Crippen molar-refractivity contribution >= 4 is 5.97 Å². The maximum Gasteiger partial charge on any atom is 0.303 e. The average Bonchev–Trinajstić information content (AvgIpc) is 2.60. The maximum absolute atomic E-state index is 10.2. The molecule has 0 fully saturated rings. The number of hydrogen-bond acceptors (Lipinski definition) is 3. The average molecular weight is 212 g/mol. The van der Waals surface area contributed by atoms with Crippen LogP contribution in [0.1, 0.15) is 32.7 Å². The highest BCUT2D eigenvalue weighted by molar-refractivity contribution is 5.66. The molecule has 0 radical (unpaired) electrons. The Morgan fingerprint density at radius 2 is 2.40 bits per heavy atom. The fourth-order valence-electron chi connectivity index (χ4n) is 1.09. The first-order valence-corrected chi connectivity index (χ1v) is 4.98. The van der Waals surface area contributed by atoms with E-state index in [4.69, 9.17) is 9.84 Å². The van der Waals surface area contributed by atoms with Gasteiger partial charge in [-0.05, 0) is 20.3 Å². The Bertz CT molecular complexity index is 320. The molecule has 0 aliphatic carbocycles. The summed E-state index contributed by atoms with van der Waals surface area (Å²) in [5, 5.41) is 12.5. The first-order valence-electron chi connectivity index (χ1n) is 4.98. The van der Waals surface area contributed by atoms with E-state index in [1.54, 1.807) is 10.9 Å². The molecule has 1 aromatic heterocycles. The predicted octanol–water partition coefficient (Wildman–Crippen LogP) is 1.71. The lowest BCUT2D eigenvalue weighted by atomic mass is 10.3. The zero-order valence-corrected chi connectivity index (χ0v) is 9.01. The van der Waals surface area contributed by atoms with Gasteiger partial charge in [-0.3, -0.25) is 9.48 Å². The second-order valence-corrected chi connectivity index (χ2v) is 3.60. The molecular formula is C10H16N2O3. The molecule has 0 spiro atoms. The number of hydrogen-bond donors (Lipinski definition) is 1. The van der Waals surface area contributed by atoms with Crippen LogP contribution in [-0.2, 0) is 4.79 Å². The second-order valence-electron chi connectivity index (χ2n) is 3.60. The van der Waals surface area contributed by atoms with Gasteiger partial charge in [-0.25, -0.2) is 0 Å². The van der Waals surface area contributed by atoms with E-state index in [1.165, 1.54) is 0 Å². The SMILES string of the molecule is CC(C)n1cc(OCCCC(=O)O)cn1. The number of carboxylic acid groups (broad SMARTS) is 1. The van der Waals surface area contributed by atoms with Crippen molar-refractivity contribution in [2.75, 3.05) is 6.61 Å². The van der Waals surface area contributed by atoms with Crippen LogP contribution in [0.2, 0.25) is 0 Å². The van der Waals surface area contributed by atoms with Crippen molar-refractivity contribution in [3.05, 3.63) is 12.4 Å². The fourth-order valence-corrected chi connectivity index (χ4v) is 1.09. The molecule has 0 amide bonds. The van der Waals surface area contributed by atoms with E-state index in [2.05, 4.69) is 5.10 Å². The standard InChI is InChI=1S/C10H16N2O3/c1-8(2)12-7-9(6-11-12)15-5-3-4-10(13)14/h6-8H,3-5H2,1-2H3,(H,13,14). The van der Waals surface area contributed by atoms with Gasteiger partial charge >= 0.3 is 5.97 Å². The fraction of sp³-hybridized carbons (Fsp3) is 0.600. The van der Waals surface area contributed by atoms with E-state index >= 15 is 0 Å². The van der Waals surface area contributed by atoms with Crippen LogP contribution in [0.4, 0.5) is 0 Å². The Hall–Kier alpha value is -1.52. The number of aromatic nitrogens is 2. The molecule has 0 saturated heterocycles.